The molecule has 0 bridgehead atoms. The average molecular weight is 379 g/mol. The Bertz CT molecular complexity index is 1110. The van der Waals surface area contributed by atoms with Gasteiger partial charge in [-0.15, -0.1) is 0 Å². The molecule has 2 aromatic rings. The maximum absolute atomic E-state index is 11.8. The monoisotopic (exact) mass is 379 g/mol. The van der Waals surface area contributed by atoms with Gasteiger partial charge in [0.05, 0.1) is 11.4 Å². The first-order chi connectivity index (χ1) is 10.8. The summed E-state index contributed by atoms with van der Waals surface area (Å²) in [5.41, 5.74) is 2.17. The second kappa shape index (κ2) is 5.45. The van der Waals surface area contributed by atoms with Crippen molar-refractivity contribution in [1.29, 1.82) is 0 Å². The Kier molecular flexibility index (Phi) is 4.01. The minimum Gasteiger partial charge on any atom is -0.477 e. The Morgan fingerprint density at radius 3 is 2.00 bits per heavy atom. The third kappa shape index (κ3) is 3.16. The van der Waals surface area contributed by atoms with Gasteiger partial charge < -0.3 is 10.8 Å². The van der Waals surface area contributed by atoms with Crippen LogP contribution in [0.4, 0.5) is 5.69 Å². The Morgan fingerprint density at radius 2 is 1.58 bits per heavy atom. The van der Waals surface area contributed by atoms with Gasteiger partial charge in [0, 0.05) is 6.07 Å². The lowest BCUT2D eigenvalue weighted by molar-refractivity contribution is 0.0690. The number of anilines is 1. The number of aromatic carboxylic acids is 1. The van der Waals surface area contributed by atoms with E-state index < -0.39 is 58.6 Å². The molecule has 0 saturated heterocycles. The maximum Gasteiger partial charge on any atom is 0.353 e. The van der Waals surface area contributed by atoms with E-state index in [4.69, 9.17) is 15.4 Å². The molecule has 0 unspecified atom stereocenters. The van der Waals surface area contributed by atoms with Crippen molar-refractivity contribution in [3.05, 3.63) is 34.2 Å². The van der Waals surface area contributed by atoms with E-state index >= 15 is 0 Å². The number of H-pyrrole nitrogens is 1. The number of carboxylic acids is 1. The fourth-order valence-corrected chi connectivity index (χ4v) is 3.16. The predicted octanol–water partition coefficient (Wildman–Crippen LogP) is -1.06. The molecule has 0 aliphatic heterocycles. The summed E-state index contributed by atoms with van der Waals surface area (Å²) >= 11 is 0. The average Bonchev–Trinajstić information content (AvgIpc) is 2.78. The topological polar surface area (TPSA) is 210 Å². The number of aromatic nitrogens is 2. The minimum absolute atomic E-state index is 0.362. The van der Waals surface area contributed by atoms with Gasteiger partial charge >= 0.3 is 5.97 Å². The third-order valence-electron chi connectivity index (χ3n) is 2.84. The van der Waals surface area contributed by atoms with Gasteiger partial charge in [0.1, 0.15) is 15.5 Å². The summed E-state index contributed by atoms with van der Waals surface area (Å²) < 4.78 is 64.1. The molecule has 0 radical (unpaired) electrons. The summed E-state index contributed by atoms with van der Waals surface area (Å²) in [6.07, 6.45) is 0. The molecular formula is C10H9N3O9S2. The van der Waals surface area contributed by atoms with E-state index in [0.29, 0.717) is 22.9 Å². The molecule has 0 amide bonds. The van der Waals surface area contributed by atoms with Crippen LogP contribution in [-0.4, -0.2) is 46.8 Å². The van der Waals surface area contributed by atoms with Crippen LogP contribution in [0.5, 0.6) is 0 Å². The molecule has 24 heavy (non-hydrogen) atoms. The zero-order valence-corrected chi connectivity index (χ0v) is 13.0. The minimum atomic E-state index is -4.98. The van der Waals surface area contributed by atoms with E-state index in [1.807, 2.05) is 5.10 Å². The van der Waals surface area contributed by atoms with Crippen molar-refractivity contribution in [2.45, 2.75) is 9.79 Å². The molecule has 0 atom stereocenters. The zero-order chi connectivity index (χ0) is 18.4. The summed E-state index contributed by atoms with van der Waals surface area (Å²) in [4.78, 5) is 20.8. The first kappa shape index (κ1) is 17.7. The number of nitrogens with zero attached hydrogens (tertiary/aromatic N) is 1. The lowest BCUT2D eigenvalue weighted by atomic mass is 10.3. The normalized spacial score (nSPS) is 12.2. The predicted molar refractivity (Wildman–Crippen MR) is 77.4 cm³/mol. The van der Waals surface area contributed by atoms with E-state index in [1.165, 1.54) is 0 Å². The molecule has 1 heterocycles. The Balaban J connectivity index is 2.96. The second-order valence-corrected chi connectivity index (χ2v) is 7.24. The van der Waals surface area contributed by atoms with Gasteiger partial charge in [-0.1, -0.05) is 0 Å². The van der Waals surface area contributed by atoms with Crippen LogP contribution >= 0.6 is 0 Å². The van der Waals surface area contributed by atoms with E-state index in [-0.39, 0.29) is 0 Å². The number of aromatic amines is 1. The van der Waals surface area contributed by atoms with E-state index in [1.54, 1.807) is 0 Å². The first-order valence-corrected chi connectivity index (χ1v) is 8.64. The number of benzene rings is 1. The Labute approximate surface area is 133 Å². The van der Waals surface area contributed by atoms with Crippen molar-refractivity contribution in [2.75, 3.05) is 5.73 Å². The SMILES string of the molecule is Nc1cc(S(=O)(=O)O)c(-n2[nH]c(C(=O)O)cc2=O)cc1S(=O)(=O)O. The molecule has 1 aromatic heterocycles. The summed E-state index contributed by atoms with van der Waals surface area (Å²) in [5, 5.41) is 10.8. The molecular weight excluding hydrogens is 370 g/mol. The largest absolute Gasteiger partial charge is 0.477 e. The molecule has 14 heteroatoms. The van der Waals surface area contributed by atoms with Crippen molar-refractivity contribution in [3.8, 4) is 5.69 Å². The van der Waals surface area contributed by atoms with Crippen molar-refractivity contribution in [2.24, 2.45) is 0 Å². The number of hydrogen-bond acceptors (Lipinski definition) is 7. The molecule has 130 valence electrons. The number of nitrogen functional groups attached to an aromatic ring is 1. The molecule has 0 spiro atoms. The van der Waals surface area contributed by atoms with Crippen LogP contribution in [0.2, 0.25) is 0 Å². The number of hydrogen-bond donors (Lipinski definition) is 5. The van der Waals surface area contributed by atoms with Crippen LogP contribution in [0, 0.1) is 0 Å². The number of carboxylic acid groups (broad SMARTS) is 1. The van der Waals surface area contributed by atoms with Gasteiger partial charge in [-0.05, 0) is 12.1 Å². The van der Waals surface area contributed by atoms with Crippen molar-refractivity contribution < 1.29 is 35.8 Å². The van der Waals surface area contributed by atoms with Crippen LogP contribution < -0.4 is 11.3 Å². The maximum atomic E-state index is 11.8. The standard InChI is InChI=1S/C10H9N3O9S2/c11-4-1-8(24(20,21)22)6(3-7(4)23(17,18)19)13-9(14)2-5(12-13)10(15)16/h1-3,12H,11H2,(H,15,16)(H,17,18,19)(H,20,21,22). The van der Waals surface area contributed by atoms with Crippen molar-refractivity contribution in [1.82, 2.24) is 9.78 Å². The zero-order valence-electron chi connectivity index (χ0n) is 11.4. The van der Waals surface area contributed by atoms with Gasteiger partial charge in [0.15, 0.2) is 0 Å². The summed E-state index contributed by atoms with van der Waals surface area (Å²) in [7, 11) is -9.87. The number of rotatable bonds is 4. The van der Waals surface area contributed by atoms with E-state index in [9.17, 15) is 31.0 Å². The van der Waals surface area contributed by atoms with Crippen LogP contribution in [0.3, 0.4) is 0 Å². The van der Waals surface area contributed by atoms with E-state index in [2.05, 4.69) is 0 Å². The molecule has 0 aliphatic rings. The molecule has 6 N–H and O–H groups in total. The molecule has 2 rings (SSSR count). The van der Waals surface area contributed by atoms with Gasteiger partial charge in [0.2, 0.25) is 0 Å². The fourth-order valence-electron chi connectivity index (χ4n) is 1.85. The number of carbonyl (C=O) groups is 1. The van der Waals surface area contributed by atoms with Crippen molar-refractivity contribution in [3.63, 3.8) is 0 Å². The van der Waals surface area contributed by atoms with Crippen LogP contribution in [0.1, 0.15) is 10.5 Å². The summed E-state index contributed by atoms with van der Waals surface area (Å²) in [6.45, 7) is 0. The number of nitrogens with one attached hydrogen (secondary N) is 1. The highest BCUT2D eigenvalue weighted by molar-refractivity contribution is 7.86. The number of nitrogens with two attached hydrogens (primary N) is 1. The lowest BCUT2D eigenvalue weighted by Gasteiger charge is -2.11. The summed E-state index contributed by atoms with van der Waals surface area (Å²) in [6, 6.07) is 1.60. The smallest absolute Gasteiger partial charge is 0.353 e. The highest BCUT2D eigenvalue weighted by Crippen LogP contribution is 2.28. The van der Waals surface area contributed by atoms with Gasteiger partial charge in [-0.3, -0.25) is 19.0 Å². The third-order valence-corrected chi connectivity index (χ3v) is 4.63. The van der Waals surface area contributed by atoms with Crippen LogP contribution in [0.15, 0.2) is 32.8 Å². The van der Waals surface area contributed by atoms with Gasteiger partial charge in [-0.2, -0.15) is 16.8 Å². The highest BCUT2D eigenvalue weighted by Gasteiger charge is 2.25. The highest BCUT2D eigenvalue weighted by atomic mass is 32.2. The van der Waals surface area contributed by atoms with Crippen molar-refractivity contribution >= 4 is 31.9 Å². The van der Waals surface area contributed by atoms with Gasteiger partial charge in [0.25, 0.3) is 25.8 Å². The Hall–Kier alpha value is -2.68. The quantitative estimate of drug-likeness (QED) is 0.321. The van der Waals surface area contributed by atoms with Crippen LogP contribution in [-0.2, 0) is 20.2 Å². The fraction of sp³-hybridized carbons (Fsp3) is 0. The molecule has 12 nitrogen and oxygen atoms in total. The molecule has 0 aliphatic carbocycles. The molecule has 1 aromatic carbocycles. The molecule has 0 saturated carbocycles. The molecule has 0 fully saturated rings. The second-order valence-electron chi connectivity index (χ2n) is 4.46. The Morgan fingerprint density at radius 1 is 1.04 bits per heavy atom. The summed E-state index contributed by atoms with van der Waals surface area (Å²) in [5.74, 6) is -1.55. The van der Waals surface area contributed by atoms with Gasteiger partial charge in [-0.25, -0.2) is 9.48 Å². The van der Waals surface area contributed by atoms with Crippen LogP contribution in [0.25, 0.3) is 5.69 Å². The first-order valence-electron chi connectivity index (χ1n) is 5.76. The lowest BCUT2D eigenvalue weighted by Crippen LogP contribution is -2.18. The van der Waals surface area contributed by atoms with E-state index in [0.717, 1.165) is 0 Å².